The predicted molar refractivity (Wildman–Crippen MR) is 95.0 cm³/mol. The average molecular weight is 369 g/mol. The lowest BCUT2D eigenvalue weighted by molar-refractivity contribution is 0.101. The Hall–Kier alpha value is -1.43. The van der Waals surface area contributed by atoms with Crippen LogP contribution >= 0.6 is 35.0 Å². The van der Waals surface area contributed by atoms with Crippen LogP contribution in [0.5, 0.6) is 5.88 Å². The van der Waals surface area contributed by atoms with Crippen LogP contribution in [0.3, 0.4) is 0 Å². The molecule has 1 aromatic heterocycles. The number of ether oxygens (including phenoxy) is 1. The van der Waals surface area contributed by atoms with E-state index in [9.17, 15) is 4.79 Å². The minimum atomic E-state index is -0.317. The van der Waals surface area contributed by atoms with Gasteiger partial charge < -0.3 is 10.1 Å². The van der Waals surface area contributed by atoms with Crippen LogP contribution in [-0.4, -0.2) is 28.5 Å². The van der Waals surface area contributed by atoms with Gasteiger partial charge >= 0.3 is 0 Å². The SMILES string of the molecule is O=C(Nc1ccc(Cl)cc1Cl)c1cccnc1OC1CCSC1. The number of nitrogens with zero attached hydrogens (tertiary/aromatic N) is 1. The summed E-state index contributed by atoms with van der Waals surface area (Å²) in [5.41, 5.74) is 0.878. The molecule has 0 bridgehead atoms. The van der Waals surface area contributed by atoms with E-state index < -0.39 is 0 Å². The first-order chi connectivity index (χ1) is 11.1. The van der Waals surface area contributed by atoms with E-state index in [1.54, 1.807) is 36.5 Å². The van der Waals surface area contributed by atoms with Gasteiger partial charge in [0.2, 0.25) is 5.88 Å². The van der Waals surface area contributed by atoms with Crippen LogP contribution in [0.4, 0.5) is 5.69 Å². The first kappa shape index (κ1) is 16.4. The minimum absolute atomic E-state index is 0.0977. The number of amides is 1. The van der Waals surface area contributed by atoms with Crippen LogP contribution in [0.1, 0.15) is 16.8 Å². The van der Waals surface area contributed by atoms with Gasteiger partial charge in [-0.05, 0) is 42.5 Å². The molecular formula is C16H14Cl2N2O2S. The maximum Gasteiger partial charge on any atom is 0.261 e. The molecule has 1 fully saturated rings. The Bertz CT molecular complexity index is 721. The van der Waals surface area contributed by atoms with Gasteiger partial charge in [0.05, 0.1) is 10.7 Å². The Morgan fingerprint density at radius 2 is 2.22 bits per heavy atom. The molecule has 1 amide bonds. The molecule has 7 heteroatoms. The van der Waals surface area contributed by atoms with Crippen LogP contribution in [-0.2, 0) is 0 Å². The van der Waals surface area contributed by atoms with Gasteiger partial charge in [-0.1, -0.05) is 23.2 Å². The Balaban J connectivity index is 1.78. The van der Waals surface area contributed by atoms with Gasteiger partial charge in [-0.15, -0.1) is 0 Å². The lowest BCUT2D eigenvalue weighted by atomic mass is 10.2. The summed E-state index contributed by atoms with van der Waals surface area (Å²) in [6.45, 7) is 0. The smallest absolute Gasteiger partial charge is 0.261 e. The molecule has 1 aromatic carbocycles. The third-order valence-electron chi connectivity index (χ3n) is 3.36. The van der Waals surface area contributed by atoms with Gasteiger partial charge in [-0.3, -0.25) is 4.79 Å². The summed E-state index contributed by atoms with van der Waals surface area (Å²) in [7, 11) is 0. The molecule has 3 rings (SSSR count). The molecular weight excluding hydrogens is 355 g/mol. The highest BCUT2D eigenvalue weighted by Gasteiger charge is 2.21. The van der Waals surface area contributed by atoms with E-state index in [2.05, 4.69) is 10.3 Å². The lowest BCUT2D eigenvalue weighted by Crippen LogP contribution is -2.20. The molecule has 1 aliphatic rings. The van der Waals surface area contributed by atoms with Crippen LogP contribution in [0.2, 0.25) is 10.0 Å². The standard InChI is InChI=1S/C16H14Cl2N2O2S/c17-10-3-4-14(13(18)8-10)20-15(21)12-2-1-6-19-16(12)22-11-5-7-23-9-11/h1-4,6,8,11H,5,7,9H2,(H,20,21). The highest BCUT2D eigenvalue weighted by atomic mass is 35.5. The van der Waals surface area contributed by atoms with E-state index in [-0.39, 0.29) is 12.0 Å². The minimum Gasteiger partial charge on any atom is -0.473 e. The zero-order chi connectivity index (χ0) is 16.2. The van der Waals surface area contributed by atoms with Crippen molar-refractivity contribution < 1.29 is 9.53 Å². The van der Waals surface area contributed by atoms with Crippen LogP contribution in [0, 0.1) is 0 Å². The number of aromatic nitrogens is 1. The molecule has 1 atom stereocenters. The molecule has 1 unspecified atom stereocenters. The highest BCUT2D eigenvalue weighted by molar-refractivity contribution is 7.99. The third-order valence-corrected chi connectivity index (χ3v) is 5.04. The Kier molecular flexibility index (Phi) is 5.30. The van der Waals surface area contributed by atoms with Crippen molar-refractivity contribution in [3.8, 4) is 5.88 Å². The zero-order valence-electron chi connectivity index (χ0n) is 12.1. The zero-order valence-corrected chi connectivity index (χ0v) is 14.4. The number of thioether (sulfide) groups is 1. The molecule has 2 heterocycles. The first-order valence-corrected chi connectivity index (χ1v) is 9.00. The van der Waals surface area contributed by atoms with E-state index in [1.165, 1.54) is 0 Å². The second-order valence-corrected chi connectivity index (χ2v) is 7.03. The van der Waals surface area contributed by atoms with Crippen molar-refractivity contribution in [1.29, 1.82) is 0 Å². The Morgan fingerprint density at radius 1 is 1.35 bits per heavy atom. The molecule has 1 N–H and O–H groups in total. The summed E-state index contributed by atoms with van der Waals surface area (Å²) >= 11 is 13.8. The van der Waals surface area contributed by atoms with Crippen molar-refractivity contribution in [3.05, 3.63) is 52.1 Å². The number of carbonyl (C=O) groups is 1. The lowest BCUT2D eigenvalue weighted by Gasteiger charge is -2.15. The van der Waals surface area contributed by atoms with Crippen molar-refractivity contribution in [2.24, 2.45) is 0 Å². The number of nitrogens with one attached hydrogen (secondary N) is 1. The molecule has 2 aromatic rings. The van der Waals surface area contributed by atoms with Crippen molar-refractivity contribution in [2.75, 3.05) is 16.8 Å². The van der Waals surface area contributed by atoms with E-state index in [0.717, 1.165) is 17.9 Å². The van der Waals surface area contributed by atoms with Gasteiger partial charge in [0.15, 0.2) is 0 Å². The van der Waals surface area contributed by atoms with Gasteiger partial charge in [0.1, 0.15) is 11.7 Å². The summed E-state index contributed by atoms with van der Waals surface area (Å²) in [6, 6.07) is 8.29. The highest BCUT2D eigenvalue weighted by Crippen LogP contribution is 2.28. The average Bonchev–Trinajstić information content (AvgIpc) is 3.03. The molecule has 23 heavy (non-hydrogen) atoms. The van der Waals surface area contributed by atoms with E-state index in [4.69, 9.17) is 27.9 Å². The fourth-order valence-corrected chi connectivity index (χ4v) is 3.75. The maximum atomic E-state index is 12.5. The molecule has 1 saturated heterocycles. The van der Waals surface area contributed by atoms with Gasteiger partial charge in [0, 0.05) is 17.0 Å². The molecule has 4 nitrogen and oxygen atoms in total. The quantitative estimate of drug-likeness (QED) is 0.861. The summed E-state index contributed by atoms with van der Waals surface area (Å²) < 4.78 is 5.87. The number of anilines is 1. The Morgan fingerprint density at radius 3 is 2.96 bits per heavy atom. The first-order valence-electron chi connectivity index (χ1n) is 7.09. The maximum absolute atomic E-state index is 12.5. The fourth-order valence-electron chi connectivity index (χ4n) is 2.20. The van der Waals surface area contributed by atoms with Gasteiger partial charge in [-0.2, -0.15) is 11.8 Å². The molecule has 0 saturated carbocycles. The predicted octanol–water partition coefficient (Wildman–Crippen LogP) is 4.53. The van der Waals surface area contributed by atoms with Crippen LogP contribution in [0.25, 0.3) is 0 Å². The summed E-state index contributed by atoms with van der Waals surface area (Å²) in [4.78, 5) is 16.7. The van der Waals surface area contributed by atoms with Crippen LogP contribution in [0.15, 0.2) is 36.5 Å². The molecule has 1 aliphatic heterocycles. The number of hydrogen-bond donors (Lipinski definition) is 1. The van der Waals surface area contributed by atoms with E-state index in [0.29, 0.717) is 27.2 Å². The molecule has 0 radical (unpaired) electrons. The van der Waals surface area contributed by atoms with E-state index in [1.807, 2.05) is 11.8 Å². The van der Waals surface area contributed by atoms with E-state index >= 15 is 0 Å². The number of benzene rings is 1. The largest absolute Gasteiger partial charge is 0.473 e. The summed E-state index contributed by atoms with van der Waals surface area (Å²) in [5.74, 6) is 2.02. The number of hydrogen-bond acceptors (Lipinski definition) is 4. The number of rotatable bonds is 4. The molecule has 120 valence electrons. The van der Waals surface area contributed by atoms with Gasteiger partial charge in [-0.25, -0.2) is 4.98 Å². The third kappa shape index (κ3) is 4.10. The van der Waals surface area contributed by atoms with Crippen LogP contribution < -0.4 is 10.1 Å². The van der Waals surface area contributed by atoms with Crippen molar-refractivity contribution >= 4 is 46.6 Å². The summed E-state index contributed by atoms with van der Waals surface area (Å²) in [6.07, 6.45) is 2.68. The second-order valence-electron chi connectivity index (χ2n) is 5.04. The topological polar surface area (TPSA) is 51.2 Å². The number of carbonyl (C=O) groups excluding carboxylic acids is 1. The van der Waals surface area contributed by atoms with Crippen molar-refractivity contribution in [3.63, 3.8) is 0 Å². The Labute approximate surface area is 148 Å². The fraction of sp³-hybridized carbons (Fsp3) is 0.250. The van der Waals surface area contributed by atoms with Crippen molar-refractivity contribution in [1.82, 2.24) is 4.98 Å². The van der Waals surface area contributed by atoms with Crippen molar-refractivity contribution in [2.45, 2.75) is 12.5 Å². The monoisotopic (exact) mass is 368 g/mol. The molecule has 0 spiro atoms. The van der Waals surface area contributed by atoms with Gasteiger partial charge in [0.25, 0.3) is 5.91 Å². The number of pyridine rings is 1. The number of halogens is 2. The summed E-state index contributed by atoms with van der Waals surface area (Å²) in [5, 5.41) is 3.65. The normalized spacial score (nSPS) is 17.0. The second kappa shape index (κ2) is 7.43. The molecule has 0 aliphatic carbocycles.